The third-order valence-electron chi connectivity index (χ3n) is 2.40. The van der Waals surface area contributed by atoms with Crippen LogP contribution in [0.3, 0.4) is 0 Å². The van der Waals surface area contributed by atoms with Crippen LogP contribution in [0.2, 0.25) is 0 Å². The van der Waals surface area contributed by atoms with Crippen molar-refractivity contribution in [2.75, 3.05) is 0 Å². The van der Waals surface area contributed by atoms with E-state index in [0.717, 1.165) is 15.3 Å². The Labute approximate surface area is 92.4 Å². The Morgan fingerprint density at radius 2 is 2.07 bits per heavy atom. The first-order chi connectivity index (χ1) is 7.22. The molecule has 2 N–H and O–H groups in total. The molecule has 1 heterocycles. The average Bonchev–Trinajstić information content (AvgIpc) is 2.70. The van der Waals surface area contributed by atoms with E-state index >= 15 is 0 Å². The molecule has 2 rings (SSSR count). The molecule has 0 atom stereocenters. The third kappa shape index (κ3) is 1.94. The van der Waals surface area contributed by atoms with Gasteiger partial charge in [0, 0.05) is 16.3 Å². The van der Waals surface area contributed by atoms with Crippen molar-refractivity contribution in [2.24, 2.45) is 5.73 Å². The zero-order valence-electron chi connectivity index (χ0n) is 8.46. The van der Waals surface area contributed by atoms with Crippen LogP contribution in [-0.2, 0) is 6.54 Å². The summed E-state index contributed by atoms with van der Waals surface area (Å²) in [6, 6.07) is 9.14. The lowest BCUT2D eigenvalue weighted by molar-refractivity contribution is 0.619. The fourth-order valence-corrected chi connectivity index (χ4v) is 2.48. The number of halogens is 1. The highest BCUT2D eigenvalue weighted by Crippen LogP contribution is 2.31. The van der Waals surface area contributed by atoms with Crippen molar-refractivity contribution in [3.8, 4) is 10.4 Å². The van der Waals surface area contributed by atoms with Gasteiger partial charge in [-0.05, 0) is 36.2 Å². The summed E-state index contributed by atoms with van der Waals surface area (Å²) in [4.78, 5) is 2.20. The minimum absolute atomic E-state index is 0.157. The largest absolute Gasteiger partial charge is 0.326 e. The highest BCUT2D eigenvalue weighted by Gasteiger charge is 2.07. The number of benzene rings is 1. The van der Waals surface area contributed by atoms with Crippen LogP contribution in [0.1, 0.15) is 10.4 Å². The standard InChI is InChI=1S/C12H12FNS/c1-8-10(3-2-4-11(8)13)12-6-5-9(7-14)15-12/h2-6H,7,14H2,1H3. The van der Waals surface area contributed by atoms with Crippen molar-refractivity contribution in [3.63, 3.8) is 0 Å². The van der Waals surface area contributed by atoms with E-state index in [9.17, 15) is 4.39 Å². The molecule has 0 amide bonds. The average molecular weight is 221 g/mol. The van der Waals surface area contributed by atoms with Crippen molar-refractivity contribution in [1.29, 1.82) is 0 Å². The fraction of sp³-hybridized carbons (Fsp3) is 0.167. The van der Waals surface area contributed by atoms with Gasteiger partial charge >= 0.3 is 0 Å². The van der Waals surface area contributed by atoms with E-state index < -0.39 is 0 Å². The van der Waals surface area contributed by atoms with E-state index in [2.05, 4.69) is 0 Å². The molecular weight excluding hydrogens is 209 g/mol. The molecule has 0 saturated heterocycles. The molecule has 1 nitrogen and oxygen atoms in total. The molecule has 0 radical (unpaired) electrons. The summed E-state index contributed by atoms with van der Waals surface area (Å²) in [7, 11) is 0. The van der Waals surface area contributed by atoms with Crippen LogP contribution in [-0.4, -0.2) is 0 Å². The van der Waals surface area contributed by atoms with E-state index in [1.54, 1.807) is 24.3 Å². The molecule has 0 fully saturated rings. The van der Waals surface area contributed by atoms with Crippen LogP contribution in [0.5, 0.6) is 0 Å². The maximum atomic E-state index is 13.3. The zero-order valence-corrected chi connectivity index (χ0v) is 9.27. The van der Waals surface area contributed by atoms with E-state index in [0.29, 0.717) is 12.1 Å². The molecule has 1 aromatic heterocycles. The van der Waals surface area contributed by atoms with Crippen molar-refractivity contribution in [2.45, 2.75) is 13.5 Å². The Kier molecular flexibility index (Phi) is 2.84. The lowest BCUT2D eigenvalue weighted by Crippen LogP contribution is -1.91. The smallest absolute Gasteiger partial charge is 0.126 e. The Hall–Kier alpha value is -1.19. The van der Waals surface area contributed by atoms with E-state index in [1.807, 2.05) is 18.2 Å². The lowest BCUT2D eigenvalue weighted by Gasteiger charge is -2.03. The first-order valence-electron chi connectivity index (χ1n) is 4.76. The van der Waals surface area contributed by atoms with Crippen LogP contribution >= 0.6 is 11.3 Å². The molecule has 0 spiro atoms. The molecule has 1 aromatic carbocycles. The van der Waals surface area contributed by atoms with Gasteiger partial charge in [-0.2, -0.15) is 0 Å². The second-order valence-electron chi connectivity index (χ2n) is 3.38. The summed E-state index contributed by atoms with van der Waals surface area (Å²) in [6.45, 7) is 2.34. The summed E-state index contributed by atoms with van der Waals surface area (Å²) in [5.41, 5.74) is 7.20. The van der Waals surface area contributed by atoms with Crippen LogP contribution in [0.4, 0.5) is 4.39 Å². The molecule has 0 aliphatic carbocycles. The quantitative estimate of drug-likeness (QED) is 0.827. The first kappa shape index (κ1) is 10.3. The van der Waals surface area contributed by atoms with E-state index in [-0.39, 0.29) is 5.82 Å². The molecule has 15 heavy (non-hydrogen) atoms. The van der Waals surface area contributed by atoms with Gasteiger partial charge in [0.2, 0.25) is 0 Å². The first-order valence-corrected chi connectivity index (χ1v) is 5.58. The Balaban J connectivity index is 2.49. The second kappa shape index (κ2) is 4.13. The van der Waals surface area contributed by atoms with Crippen LogP contribution in [0.15, 0.2) is 30.3 Å². The molecule has 0 unspecified atom stereocenters. The predicted octanol–water partition coefficient (Wildman–Crippen LogP) is 3.32. The van der Waals surface area contributed by atoms with Gasteiger partial charge in [-0.1, -0.05) is 12.1 Å². The fourth-order valence-electron chi connectivity index (χ4n) is 1.51. The highest BCUT2D eigenvalue weighted by atomic mass is 32.1. The molecular formula is C12H12FNS. The maximum Gasteiger partial charge on any atom is 0.126 e. The number of hydrogen-bond acceptors (Lipinski definition) is 2. The lowest BCUT2D eigenvalue weighted by atomic mass is 10.1. The van der Waals surface area contributed by atoms with Gasteiger partial charge in [-0.25, -0.2) is 4.39 Å². The number of thiophene rings is 1. The number of rotatable bonds is 2. The van der Waals surface area contributed by atoms with Crippen LogP contribution in [0, 0.1) is 12.7 Å². The molecule has 3 heteroatoms. The minimum Gasteiger partial charge on any atom is -0.326 e. The summed E-state index contributed by atoms with van der Waals surface area (Å²) in [5, 5.41) is 0. The van der Waals surface area contributed by atoms with Crippen molar-refractivity contribution < 1.29 is 4.39 Å². The highest BCUT2D eigenvalue weighted by molar-refractivity contribution is 7.15. The summed E-state index contributed by atoms with van der Waals surface area (Å²) in [6.07, 6.45) is 0. The summed E-state index contributed by atoms with van der Waals surface area (Å²) >= 11 is 1.62. The Bertz CT molecular complexity index is 476. The second-order valence-corrected chi connectivity index (χ2v) is 4.55. The SMILES string of the molecule is Cc1c(F)cccc1-c1ccc(CN)s1. The van der Waals surface area contributed by atoms with Gasteiger partial charge in [0.15, 0.2) is 0 Å². The Morgan fingerprint density at radius 1 is 1.27 bits per heavy atom. The topological polar surface area (TPSA) is 26.0 Å². The van der Waals surface area contributed by atoms with Gasteiger partial charge < -0.3 is 5.73 Å². The molecule has 0 aliphatic heterocycles. The molecule has 78 valence electrons. The zero-order chi connectivity index (χ0) is 10.8. The van der Waals surface area contributed by atoms with E-state index in [4.69, 9.17) is 5.73 Å². The molecule has 2 aromatic rings. The van der Waals surface area contributed by atoms with Crippen LogP contribution < -0.4 is 5.73 Å². The van der Waals surface area contributed by atoms with Crippen molar-refractivity contribution >= 4 is 11.3 Å². The summed E-state index contributed by atoms with van der Waals surface area (Å²) < 4.78 is 13.3. The minimum atomic E-state index is -0.157. The van der Waals surface area contributed by atoms with Gasteiger partial charge in [0.25, 0.3) is 0 Å². The Morgan fingerprint density at radius 3 is 2.73 bits per heavy atom. The van der Waals surface area contributed by atoms with Gasteiger partial charge in [-0.3, -0.25) is 0 Å². The normalized spacial score (nSPS) is 10.6. The van der Waals surface area contributed by atoms with Crippen LogP contribution in [0.25, 0.3) is 10.4 Å². The van der Waals surface area contributed by atoms with Crippen molar-refractivity contribution in [1.82, 2.24) is 0 Å². The molecule has 0 bridgehead atoms. The summed E-state index contributed by atoms with van der Waals surface area (Å²) in [5.74, 6) is -0.157. The number of hydrogen-bond donors (Lipinski definition) is 1. The predicted molar refractivity (Wildman–Crippen MR) is 62.3 cm³/mol. The van der Waals surface area contributed by atoms with Crippen molar-refractivity contribution in [3.05, 3.63) is 46.6 Å². The maximum absolute atomic E-state index is 13.3. The monoisotopic (exact) mass is 221 g/mol. The van der Waals surface area contributed by atoms with Gasteiger partial charge in [0.05, 0.1) is 0 Å². The number of nitrogens with two attached hydrogens (primary N) is 1. The van der Waals surface area contributed by atoms with E-state index in [1.165, 1.54) is 6.07 Å². The van der Waals surface area contributed by atoms with Gasteiger partial charge in [-0.15, -0.1) is 11.3 Å². The third-order valence-corrected chi connectivity index (χ3v) is 3.54. The molecule has 0 aliphatic rings. The molecule has 0 saturated carbocycles. The van der Waals surface area contributed by atoms with Gasteiger partial charge in [0.1, 0.15) is 5.82 Å².